The van der Waals surface area contributed by atoms with E-state index >= 15 is 0 Å². The number of amides is 2. The van der Waals surface area contributed by atoms with E-state index in [0.717, 1.165) is 5.56 Å². The molecule has 0 aliphatic heterocycles. The summed E-state index contributed by atoms with van der Waals surface area (Å²) in [5, 5.41) is 7.27. The van der Waals surface area contributed by atoms with Crippen LogP contribution in [-0.4, -0.2) is 24.6 Å². The van der Waals surface area contributed by atoms with Crippen LogP contribution in [0.2, 0.25) is 10.0 Å². The molecular weight excluding hydrogens is 349 g/mol. The van der Waals surface area contributed by atoms with Crippen LogP contribution in [0.3, 0.4) is 0 Å². The van der Waals surface area contributed by atoms with Gasteiger partial charge in [-0.25, -0.2) is 5.43 Å². The fraction of sp³-hybridized carbons (Fsp3) is 0.118. The number of hydrogen-bond donors (Lipinski definition) is 2. The Morgan fingerprint density at radius 1 is 1.17 bits per heavy atom. The van der Waals surface area contributed by atoms with E-state index in [9.17, 15) is 9.59 Å². The molecule has 0 aliphatic carbocycles. The maximum absolute atomic E-state index is 12.0. The SMILES string of the molecule is Cc1ccccc1C(=O)NCC(=O)N/N=C\c1ccc(Cl)cc1Cl. The largest absolute Gasteiger partial charge is 0.343 e. The van der Waals surface area contributed by atoms with Gasteiger partial charge in [0, 0.05) is 16.1 Å². The summed E-state index contributed by atoms with van der Waals surface area (Å²) >= 11 is 11.8. The Bertz CT molecular complexity index is 791. The number of carbonyl (C=O) groups is 2. The minimum absolute atomic E-state index is 0.182. The van der Waals surface area contributed by atoms with E-state index in [0.29, 0.717) is 21.2 Å². The first kappa shape index (κ1) is 18.0. The molecule has 2 aromatic carbocycles. The highest BCUT2D eigenvalue weighted by atomic mass is 35.5. The zero-order chi connectivity index (χ0) is 17.5. The van der Waals surface area contributed by atoms with Crippen molar-refractivity contribution in [3.63, 3.8) is 0 Å². The van der Waals surface area contributed by atoms with Crippen molar-refractivity contribution < 1.29 is 9.59 Å². The minimum Gasteiger partial charge on any atom is -0.343 e. The van der Waals surface area contributed by atoms with Gasteiger partial charge in [0.15, 0.2) is 0 Å². The second-order valence-electron chi connectivity index (χ2n) is 4.96. The second kappa shape index (κ2) is 8.47. The summed E-state index contributed by atoms with van der Waals surface area (Å²) in [6, 6.07) is 12.1. The molecule has 0 saturated heterocycles. The van der Waals surface area contributed by atoms with Crippen LogP contribution in [0.25, 0.3) is 0 Å². The highest BCUT2D eigenvalue weighted by molar-refractivity contribution is 6.36. The van der Waals surface area contributed by atoms with Gasteiger partial charge in [0.2, 0.25) is 0 Å². The highest BCUT2D eigenvalue weighted by Crippen LogP contribution is 2.19. The maximum Gasteiger partial charge on any atom is 0.259 e. The zero-order valence-electron chi connectivity index (χ0n) is 12.8. The predicted octanol–water partition coefficient (Wildman–Crippen LogP) is 3.18. The minimum atomic E-state index is -0.446. The first-order chi connectivity index (χ1) is 11.5. The van der Waals surface area contributed by atoms with Crippen LogP contribution in [-0.2, 0) is 4.79 Å². The van der Waals surface area contributed by atoms with Crippen molar-refractivity contribution >= 4 is 41.2 Å². The van der Waals surface area contributed by atoms with E-state index in [-0.39, 0.29) is 12.5 Å². The van der Waals surface area contributed by atoms with Crippen LogP contribution < -0.4 is 10.7 Å². The molecule has 0 aromatic heterocycles. The van der Waals surface area contributed by atoms with Gasteiger partial charge in [-0.2, -0.15) is 5.10 Å². The van der Waals surface area contributed by atoms with Crippen molar-refractivity contribution in [2.24, 2.45) is 5.10 Å². The Labute approximate surface area is 149 Å². The van der Waals surface area contributed by atoms with Gasteiger partial charge < -0.3 is 5.32 Å². The number of rotatable bonds is 5. The zero-order valence-corrected chi connectivity index (χ0v) is 14.4. The van der Waals surface area contributed by atoms with Crippen LogP contribution in [0.4, 0.5) is 0 Å². The van der Waals surface area contributed by atoms with Crippen molar-refractivity contribution in [1.29, 1.82) is 0 Å². The summed E-state index contributed by atoms with van der Waals surface area (Å²) in [5.41, 5.74) is 4.30. The molecule has 2 rings (SSSR count). The van der Waals surface area contributed by atoms with Gasteiger partial charge in [-0.1, -0.05) is 47.5 Å². The maximum atomic E-state index is 12.0. The van der Waals surface area contributed by atoms with E-state index in [1.165, 1.54) is 6.21 Å². The van der Waals surface area contributed by atoms with Crippen molar-refractivity contribution in [2.45, 2.75) is 6.92 Å². The third-order valence-electron chi connectivity index (χ3n) is 3.15. The number of aryl methyl sites for hydroxylation is 1. The molecule has 0 aliphatic rings. The Morgan fingerprint density at radius 2 is 1.92 bits per heavy atom. The van der Waals surface area contributed by atoms with Crippen molar-refractivity contribution in [2.75, 3.05) is 6.54 Å². The Balaban J connectivity index is 1.84. The lowest BCUT2D eigenvalue weighted by Gasteiger charge is -2.06. The molecule has 124 valence electrons. The third-order valence-corrected chi connectivity index (χ3v) is 3.72. The summed E-state index contributed by atoms with van der Waals surface area (Å²) < 4.78 is 0. The van der Waals surface area contributed by atoms with Crippen molar-refractivity contribution in [3.05, 3.63) is 69.2 Å². The molecule has 0 unspecified atom stereocenters. The van der Waals surface area contributed by atoms with Gasteiger partial charge in [0.1, 0.15) is 0 Å². The monoisotopic (exact) mass is 363 g/mol. The molecule has 0 bridgehead atoms. The summed E-state index contributed by atoms with van der Waals surface area (Å²) in [7, 11) is 0. The Morgan fingerprint density at radius 3 is 2.62 bits per heavy atom. The van der Waals surface area contributed by atoms with Crippen molar-refractivity contribution in [3.8, 4) is 0 Å². The molecule has 0 atom stereocenters. The van der Waals surface area contributed by atoms with Crippen LogP contribution >= 0.6 is 23.2 Å². The smallest absolute Gasteiger partial charge is 0.259 e. The van der Waals surface area contributed by atoms with Crippen LogP contribution in [0.1, 0.15) is 21.5 Å². The molecular formula is C17H15Cl2N3O2. The lowest BCUT2D eigenvalue weighted by Crippen LogP contribution is -2.35. The van der Waals surface area contributed by atoms with Gasteiger partial charge in [0.05, 0.1) is 17.8 Å². The van der Waals surface area contributed by atoms with E-state index in [4.69, 9.17) is 23.2 Å². The molecule has 0 saturated carbocycles. The molecule has 0 heterocycles. The van der Waals surface area contributed by atoms with Crippen LogP contribution in [0.15, 0.2) is 47.6 Å². The molecule has 2 N–H and O–H groups in total. The summed E-state index contributed by atoms with van der Waals surface area (Å²) in [6.45, 7) is 1.65. The molecule has 7 heteroatoms. The molecule has 0 radical (unpaired) electrons. The van der Waals surface area contributed by atoms with Crippen molar-refractivity contribution in [1.82, 2.24) is 10.7 Å². The van der Waals surface area contributed by atoms with Crippen LogP contribution in [0.5, 0.6) is 0 Å². The van der Waals surface area contributed by atoms with Gasteiger partial charge >= 0.3 is 0 Å². The third kappa shape index (κ3) is 5.08. The quantitative estimate of drug-likeness (QED) is 0.632. The van der Waals surface area contributed by atoms with Gasteiger partial charge in [-0.05, 0) is 30.7 Å². The summed E-state index contributed by atoms with van der Waals surface area (Å²) in [5.74, 6) is -0.758. The van der Waals surface area contributed by atoms with E-state index in [1.54, 1.807) is 30.3 Å². The van der Waals surface area contributed by atoms with Crippen LogP contribution in [0, 0.1) is 6.92 Å². The number of nitrogens with zero attached hydrogens (tertiary/aromatic N) is 1. The molecule has 2 amide bonds. The average molecular weight is 364 g/mol. The fourth-order valence-electron chi connectivity index (χ4n) is 1.90. The lowest BCUT2D eigenvalue weighted by molar-refractivity contribution is -0.120. The number of benzene rings is 2. The molecule has 24 heavy (non-hydrogen) atoms. The van der Waals surface area contributed by atoms with E-state index < -0.39 is 5.91 Å². The van der Waals surface area contributed by atoms with E-state index in [2.05, 4.69) is 15.8 Å². The Kier molecular flexibility index (Phi) is 6.35. The predicted molar refractivity (Wildman–Crippen MR) is 95.7 cm³/mol. The molecule has 2 aromatic rings. The Hall–Kier alpha value is -2.37. The fourth-order valence-corrected chi connectivity index (χ4v) is 2.36. The first-order valence-corrected chi connectivity index (χ1v) is 7.84. The standard InChI is InChI=1S/C17H15Cl2N3O2/c1-11-4-2-3-5-14(11)17(24)20-10-16(23)22-21-9-12-6-7-13(18)8-15(12)19/h2-9H,10H2,1H3,(H,20,24)(H,22,23)/b21-9-. The average Bonchev–Trinajstić information content (AvgIpc) is 2.55. The first-order valence-electron chi connectivity index (χ1n) is 7.08. The number of hydrazone groups is 1. The van der Waals surface area contributed by atoms with Gasteiger partial charge in [0.25, 0.3) is 11.8 Å². The van der Waals surface area contributed by atoms with Gasteiger partial charge in [-0.15, -0.1) is 0 Å². The molecule has 0 spiro atoms. The summed E-state index contributed by atoms with van der Waals surface area (Å²) in [6.07, 6.45) is 1.40. The second-order valence-corrected chi connectivity index (χ2v) is 5.80. The topological polar surface area (TPSA) is 70.6 Å². The normalized spacial score (nSPS) is 10.6. The molecule has 0 fully saturated rings. The number of carbonyl (C=O) groups excluding carboxylic acids is 2. The summed E-state index contributed by atoms with van der Waals surface area (Å²) in [4.78, 5) is 23.7. The lowest BCUT2D eigenvalue weighted by atomic mass is 10.1. The van der Waals surface area contributed by atoms with E-state index in [1.807, 2.05) is 19.1 Å². The number of halogens is 2. The number of nitrogens with one attached hydrogen (secondary N) is 2. The van der Waals surface area contributed by atoms with Gasteiger partial charge in [-0.3, -0.25) is 9.59 Å². The molecule has 5 nitrogen and oxygen atoms in total. The highest BCUT2D eigenvalue weighted by Gasteiger charge is 2.09. The number of hydrogen-bond acceptors (Lipinski definition) is 3.